The fourth-order valence-corrected chi connectivity index (χ4v) is 1.06. The molecule has 3 nitrogen and oxygen atoms in total. The molecule has 0 saturated carbocycles. The van der Waals surface area contributed by atoms with E-state index in [1.807, 2.05) is 0 Å². The Hall–Kier alpha value is -1.32. The molecule has 0 aliphatic rings. The summed E-state index contributed by atoms with van der Waals surface area (Å²) in [5, 5.41) is 0. The van der Waals surface area contributed by atoms with Crippen LogP contribution in [0.4, 0.5) is 10.1 Å². The molecule has 0 spiro atoms. The zero-order valence-corrected chi connectivity index (χ0v) is 6.88. The highest BCUT2D eigenvalue weighted by Gasteiger charge is 2.01. The van der Waals surface area contributed by atoms with Crippen molar-refractivity contribution in [2.24, 2.45) is 0 Å². The molecule has 4 heteroatoms. The number of hydrogen-bond donors (Lipinski definition) is 1. The van der Waals surface area contributed by atoms with Crippen molar-refractivity contribution < 1.29 is 4.39 Å². The molecule has 1 rings (SSSR count). The summed E-state index contributed by atoms with van der Waals surface area (Å²) in [5.41, 5.74) is 6.47. The number of nitrogens with zero attached hydrogens (tertiary/aromatic N) is 1. The lowest BCUT2D eigenvalue weighted by Crippen LogP contribution is -2.23. The number of nitrogens with two attached hydrogens (primary N) is 1. The SMILES string of the molecule is Cc1c(N)ccc(=O)n1CCF. The van der Waals surface area contributed by atoms with Crippen LogP contribution in [0.3, 0.4) is 0 Å². The summed E-state index contributed by atoms with van der Waals surface area (Å²) in [7, 11) is 0. The maximum absolute atomic E-state index is 12.0. The third-order valence-electron chi connectivity index (χ3n) is 1.80. The van der Waals surface area contributed by atoms with E-state index in [4.69, 9.17) is 5.73 Å². The molecule has 0 aliphatic carbocycles. The Balaban J connectivity index is 3.23. The van der Waals surface area contributed by atoms with Crippen molar-refractivity contribution in [3.05, 3.63) is 28.2 Å². The molecule has 0 aliphatic heterocycles. The van der Waals surface area contributed by atoms with Crippen molar-refractivity contribution >= 4 is 5.69 Å². The molecule has 66 valence electrons. The highest BCUT2D eigenvalue weighted by atomic mass is 19.1. The van der Waals surface area contributed by atoms with Crippen molar-refractivity contribution in [3.8, 4) is 0 Å². The molecule has 0 fully saturated rings. The van der Waals surface area contributed by atoms with Crippen LogP contribution in [0.25, 0.3) is 0 Å². The lowest BCUT2D eigenvalue weighted by molar-refractivity contribution is 0.437. The first kappa shape index (κ1) is 8.77. The molecule has 1 aromatic heterocycles. The minimum atomic E-state index is -0.551. The Labute approximate surface area is 69.6 Å². The molecule has 1 aromatic rings. The number of nitrogen functional groups attached to an aromatic ring is 1. The number of anilines is 1. The Bertz CT molecular complexity index is 332. The lowest BCUT2D eigenvalue weighted by atomic mass is 10.3. The normalized spacial score (nSPS) is 10.2. The minimum Gasteiger partial charge on any atom is -0.397 e. The summed E-state index contributed by atoms with van der Waals surface area (Å²) in [6, 6.07) is 2.88. The number of halogens is 1. The number of pyridine rings is 1. The lowest BCUT2D eigenvalue weighted by Gasteiger charge is -2.08. The first-order valence-electron chi connectivity index (χ1n) is 3.68. The van der Waals surface area contributed by atoms with E-state index in [2.05, 4.69) is 0 Å². The van der Waals surface area contributed by atoms with Crippen molar-refractivity contribution in [2.45, 2.75) is 13.5 Å². The molecular formula is C8H11FN2O. The topological polar surface area (TPSA) is 48.0 Å². The van der Waals surface area contributed by atoms with Crippen molar-refractivity contribution in [2.75, 3.05) is 12.4 Å². The van der Waals surface area contributed by atoms with Gasteiger partial charge in [0.15, 0.2) is 0 Å². The summed E-state index contributed by atoms with van der Waals surface area (Å²) < 4.78 is 13.3. The van der Waals surface area contributed by atoms with Gasteiger partial charge in [-0.05, 0) is 13.0 Å². The van der Waals surface area contributed by atoms with E-state index in [9.17, 15) is 9.18 Å². The van der Waals surface area contributed by atoms with Gasteiger partial charge in [0.25, 0.3) is 5.56 Å². The summed E-state index contributed by atoms with van der Waals surface area (Å²) in [6.07, 6.45) is 0. The Morgan fingerprint density at radius 3 is 2.83 bits per heavy atom. The average Bonchev–Trinajstić information content (AvgIpc) is 2.06. The van der Waals surface area contributed by atoms with Gasteiger partial charge in [0.1, 0.15) is 6.67 Å². The van der Waals surface area contributed by atoms with E-state index >= 15 is 0 Å². The molecule has 2 N–H and O–H groups in total. The van der Waals surface area contributed by atoms with Gasteiger partial charge >= 0.3 is 0 Å². The van der Waals surface area contributed by atoms with E-state index in [0.717, 1.165) is 0 Å². The van der Waals surface area contributed by atoms with Crippen LogP contribution in [0.5, 0.6) is 0 Å². The van der Waals surface area contributed by atoms with Gasteiger partial charge < -0.3 is 10.3 Å². The van der Waals surface area contributed by atoms with E-state index < -0.39 is 6.67 Å². The second kappa shape index (κ2) is 3.38. The first-order valence-corrected chi connectivity index (χ1v) is 3.68. The summed E-state index contributed by atoms with van der Waals surface area (Å²) in [4.78, 5) is 11.1. The van der Waals surface area contributed by atoms with E-state index in [0.29, 0.717) is 11.4 Å². The van der Waals surface area contributed by atoms with Crippen molar-refractivity contribution in [3.63, 3.8) is 0 Å². The standard InChI is InChI=1S/C8H11FN2O/c1-6-7(10)2-3-8(12)11(6)5-4-9/h2-3H,4-5,10H2,1H3. The molecule has 0 bridgehead atoms. The molecule has 0 atom stereocenters. The number of alkyl halides is 1. The molecular weight excluding hydrogens is 159 g/mol. The second-order valence-electron chi connectivity index (χ2n) is 2.55. The summed E-state index contributed by atoms with van der Waals surface area (Å²) in [5.74, 6) is 0. The number of hydrogen-bond acceptors (Lipinski definition) is 2. The van der Waals surface area contributed by atoms with Crippen molar-refractivity contribution in [1.82, 2.24) is 4.57 Å². The van der Waals surface area contributed by atoms with Crippen LogP contribution in [-0.4, -0.2) is 11.2 Å². The van der Waals surface area contributed by atoms with Crippen LogP contribution in [0.2, 0.25) is 0 Å². The fourth-order valence-electron chi connectivity index (χ4n) is 1.06. The first-order chi connectivity index (χ1) is 5.66. The minimum absolute atomic E-state index is 0.0791. The quantitative estimate of drug-likeness (QED) is 0.710. The fraction of sp³-hybridized carbons (Fsp3) is 0.375. The molecule has 0 unspecified atom stereocenters. The van der Waals surface area contributed by atoms with E-state index in [1.165, 1.54) is 16.7 Å². The van der Waals surface area contributed by atoms with Gasteiger partial charge in [0.2, 0.25) is 0 Å². The highest BCUT2D eigenvalue weighted by Crippen LogP contribution is 2.05. The molecule has 0 aromatic carbocycles. The Morgan fingerprint density at radius 1 is 1.58 bits per heavy atom. The largest absolute Gasteiger partial charge is 0.397 e. The maximum Gasteiger partial charge on any atom is 0.250 e. The van der Waals surface area contributed by atoms with Gasteiger partial charge in [-0.25, -0.2) is 4.39 Å². The average molecular weight is 170 g/mol. The zero-order chi connectivity index (χ0) is 9.14. The van der Waals surface area contributed by atoms with Crippen LogP contribution in [-0.2, 0) is 6.54 Å². The summed E-state index contributed by atoms with van der Waals surface area (Å²) >= 11 is 0. The third-order valence-corrected chi connectivity index (χ3v) is 1.80. The monoisotopic (exact) mass is 170 g/mol. The van der Waals surface area contributed by atoms with Gasteiger partial charge in [-0.1, -0.05) is 0 Å². The van der Waals surface area contributed by atoms with Crippen LogP contribution in [0, 0.1) is 6.92 Å². The van der Waals surface area contributed by atoms with Crippen LogP contribution < -0.4 is 11.3 Å². The predicted octanol–water partition coefficient (Wildman–Crippen LogP) is 0.708. The third kappa shape index (κ3) is 1.47. The molecule has 0 radical (unpaired) electrons. The van der Waals surface area contributed by atoms with Gasteiger partial charge in [-0.2, -0.15) is 0 Å². The molecule has 0 amide bonds. The predicted molar refractivity (Wildman–Crippen MR) is 45.8 cm³/mol. The van der Waals surface area contributed by atoms with E-state index in [1.54, 1.807) is 6.92 Å². The highest BCUT2D eigenvalue weighted by molar-refractivity contribution is 5.41. The Morgan fingerprint density at radius 2 is 2.25 bits per heavy atom. The van der Waals surface area contributed by atoms with Gasteiger partial charge in [-0.15, -0.1) is 0 Å². The van der Waals surface area contributed by atoms with Gasteiger partial charge in [0.05, 0.1) is 12.2 Å². The van der Waals surface area contributed by atoms with Gasteiger partial charge in [-0.3, -0.25) is 4.79 Å². The smallest absolute Gasteiger partial charge is 0.250 e. The van der Waals surface area contributed by atoms with Gasteiger partial charge in [0, 0.05) is 11.8 Å². The van der Waals surface area contributed by atoms with Crippen LogP contribution in [0.1, 0.15) is 5.69 Å². The molecule has 1 heterocycles. The zero-order valence-electron chi connectivity index (χ0n) is 6.88. The number of rotatable bonds is 2. The molecule has 12 heavy (non-hydrogen) atoms. The second-order valence-corrected chi connectivity index (χ2v) is 2.55. The number of aromatic nitrogens is 1. The molecule has 0 saturated heterocycles. The van der Waals surface area contributed by atoms with Crippen LogP contribution in [0.15, 0.2) is 16.9 Å². The van der Waals surface area contributed by atoms with E-state index in [-0.39, 0.29) is 12.1 Å². The van der Waals surface area contributed by atoms with Crippen LogP contribution >= 0.6 is 0 Å². The maximum atomic E-state index is 12.0. The van der Waals surface area contributed by atoms with Crippen molar-refractivity contribution in [1.29, 1.82) is 0 Å². The summed E-state index contributed by atoms with van der Waals surface area (Å²) in [6.45, 7) is 1.23. The Kier molecular flexibility index (Phi) is 2.47.